The van der Waals surface area contributed by atoms with E-state index >= 15 is 0 Å². The van der Waals surface area contributed by atoms with Crippen molar-refractivity contribution in [2.24, 2.45) is 0 Å². The van der Waals surface area contributed by atoms with Crippen LogP contribution in [0.4, 0.5) is 13.2 Å². The van der Waals surface area contributed by atoms with E-state index < -0.39 is 23.2 Å². The molecule has 1 aromatic carbocycles. The molecule has 2 heterocycles. The third kappa shape index (κ3) is 2.84. The summed E-state index contributed by atoms with van der Waals surface area (Å²) in [4.78, 5) is 29.3. The van der Waals surface area contributed by atoms with Gasteiger partial charge in [-0.25, -0.2) is 0 Å². The first-order valence-electron chi connectivity index (χ1n) is 9.54. The van der Waals surface area contributed by atoms with Crippen molar-refractivity contribution < 1.29 is 18.0 Å². The molecule has 0 spiro atoms. The minimum absolute atomic E-state index is 0.0303. The van der Waals surface area contributed by atoms with Crippen molar-refractivity contribution in [3.8, 4) is 0 Å². The van der Waals surface area contributed by atoms with Crippen LogP contribution in [0.25, 0.3) is 0 Å². The molecule has 1 amide bonds. The zero-order valence-corrected chi connectivity index (χ0v) is 15.3. The van der Waals surface area contributed by atoms with Crippen LogP contribution in [0, 0.1) is 0 Å². The Morgan fingerprint density at radius 2 is 1.79 bits per heavy atom. The predicted molar refractivity (Wildman–Crippen MR) is 98.2 cm³/mol. The maximum absolute atomic E-state index is 14.3. The molecule has 1 fully saturated rings. The lowest BCUT2D eigenvalue weighted by atomic mass is 9.86. The third-order valence-corrected chi connectivity index (χ3v) is 5.92. The normalized spacial score (nSPS) is 22.2. The number of fused-ring (bicyclic) bond motifs is 1. The fourth-order valence-electron chi connectivity index (χ4n) is 4.55. The highest BCUT2D eigenvalue weighted by Crippen LogP contribution is 2.51. The van der Waals surface area contributed by atoms with Crippen LogP contribution in [-0.2, 0) is 18.4 Å². The number of hydrogen-bond acceptors (Lipinski definition) is 2. The highest BCUT2D eigenvalue weighted by Gasteiger charge is 2.63. The molecule has 0 bridgehead atoms. The monoisotopic (exact) mass is 390 g/mol. The summed E-state index contributed by atoms with van der Waals surface area (Å²) in [7, 11) is 0. The molecule has 1 atom stereocenters. The van der Waals surface area contributed by atoms with Gasteiger partial charge in [-0.2, -0.15) is 13.2 Å². The van der Waals surface area contributed by atoms with Gasteiger partial charge >= 0.3 is 6.18 Å². The van der Waals surface area contributed by atoms with Gasteiger partial charge in [0.2, 0.25) is 0 Å². The minimum Gasteiger partial charge on any atom is -0.325 e. The van der Waals surface area contributed by atoms with Crippen LogP contribution >= 0.6 is 0 Å². The Balaban J connectivity index is 1.81. The van der Waals surface area contributed by atoms with Gasteiger partial charge in [0, 0.05) is 12.2 Å². The number of aryl methyl sites for hydroxylation is 2. The van der Waals surface area contributed by atoms with Gasteiger partial charge in [-0.05, 0) is 55.7 Å². The number of aromatic nitrogens is 1. The van der Waals surface area contributed by atoms with Crippen molar-refractivity contribution in [1.82, 2.24) is 9.88 Å². The van der Waals surface area contributed by atoms with Crippen molar-refractivity contribution >= 4 is 5.91 Å². The lowest BCUT2D eigenvalue weighted by molar-refractivity contribution is -0.220. The SMILES string of the molecule is O=C(c1cc2c([nH]c1=O)CCCC2)N1CCC[C@@]1(c1ccccc1)C(F)(F)F. The fourth-order valence-corrected chi connectivity index (χ4v) is 4.55. The zero-order valence-electron chi connectivity index (χ0n) is 15.3. The summed E-state index contributed by atoms with van der Waals surface area (Å²) in [6.45, 7) is -0.0379. The van der Waals surface area contributed by atoms with Gasteiger partial charge in [-0.15, -0.1) is 0 Å². The molecule has 2 aliphatic rings. The van der Waals surface area contributed by atoms with E-state index in [0.29, 0.717) is 0 Å². The second-order valence-electron chi connectivity index (χ2n) is 7.51. The molecule has 1 aliphatic carbocycles. The summed E-state index contributed by atoms with van der Waals surface area (Å²) < 4.78 is 43.0. The maximum atomic E-state index is 14.3. The first kappa shape index (κ1) is 18.8. The summed E-state index contributed by atoms with van der Waals surface area (Å²) in [6, 6.07) is 9.01. The van der Waals surface area contributed by atoms with Crippen LogP contribution < -0.4 is 5.56 Å². The fraction of sp³-hybridized carbons (Fsp3) is 0.429. The first-order valence-corrected chi connectivity index (χ1v) is 9.54. The molecule has 1 saturated heterocycles. The van der Waals surface area contributed by atoms with Crippen molar-refractivity contribution in [2.75, 3.05) is 6.54 Å². The number of amides is 1. The van der Waals surface area contributed by atoms with E-state index in [1.54, 1.807) is 6.07 Å². The molecular weight excluding hydrogens is 369 g/mol. The van der Waals surface area contributed by atoms with Crippen LogP contribution in [0.3, 0.4) is 0 Å². The van der Waals surface area contributed by atoms with Gasteiger partial charge in [0.25, 0.3) is 11.5 Å². The second-order valence-corrected chi connectivity index (χ2v) is 7.51. The van der Waals surface area contributed by atoms with Crippen molar-refractivity contribution in [3.63, 3.8) is 0 Å². The van der Waals surface area contributed by atoms with Gasteiger partial charge in [-0.1, -0.05) is 30.3 Å². The number of nitrogens with one attached hydrogen (secondary N) is 1. The summed E-state index contributed by atoms with van der Waals surface area (Å²) in [5, 5.41) is 0. The molecule has 2 aromatic rings. The van der Waals surface area contributed by atoms with E-state index in [9.17, 15) is 22.8 Å². The first-order chi connectivity index (χ1) is 13.3. The van der Waals surface area contributed by atoms with Gasteiger partial charge in [-0.3, -0.25) is 9.59 Å². The quantitative estimate of drug-likeness (QED) is 0.844. The van der Waals surface area contributed by atoms with Crippen molar-refractivity contribution in [2.45, 2.75) is 50.2 Å². The standard InChI is InChI=1S/C21H21F3N2O2/c22-21(23,24)20(15-8-2-1-3-9-15)11-6-12-26(20)19(28)16-13-14-7-4-5-10-17(14)25-18(16)27/h1-3,8-9,13H,4-7,10-12H2,(H,25,27)/t20-/m1/s1. The minimum atomic E-state index is -4.65. The number of carbonyl (C=O) groups excluding carboxylic acids is 1. The number of nitrogens with zero attached hydrogens (tertiary/aromatic N) is 1. The molecule has 4 rings (SSSR count). The van der Waals surface area contributed by atoms with Crippen LogP contribution in [0.15, 0.2) is 41.2 Å². The topological polar surface area (TPSA) is 53.2 Å². The van der Waals surface area contributed by atoms with Gasteiger partial charge < -0.3 is 9.88 Å². The van der Waals surface area contributed by atoms with Crippen molar-refractivity contribution in [3.05, 3.63) is 69.1 Å². The van der Waals surface area contributed by atoms with E-state index in [1.165, 1.54) is 30.3 Å². The van der Waals surface area contributed by atoms with Crippen LogP contribution in [0.2, 0.25) is 0 Å². The molecule has 1 aliphatic heterocycles. The van der Waals surface area contributed by atoms with Gasteiger partial charge in [0.1, 0.15) is 5.56 Å². The molecule has 7 heteroatoms. The Morgan fingerprint density at radius 3 is 2.50 bits per heavy atom. The van der Waals surface area contributed by atoms with Gasteiger partial charge in [0.15, 0.2) is 5.54 Å². The summed E-state index contributed by atoms with van der Waals surface area (Å²) in [5.41, 5.74) is -1.55. The summed E-state index contributed by atoms with van der Waals surface area (Å²) >= 11 is 0. The van der Waals surface area contributed by atoms with Crippen molar-refractivity contribution in [1.29, 1.82) is 0 Å². The molecule has 0 unspecified atom stereocenters. The number of carbonyl (C=O) groups is 1. The Morgan fingerprint density at radius 1 is 1.07 bits per heavy atom. The molecule has 148 valence electrons. The summed E-state index contributed by atoms with van der Waals surface area (Å²) in [5.74, 6) is -0.853. The molecule has 0 radical (unpaired) electrons. The number of likely N-dealkylation sites (tertiary alicyclic amines) is 1. The number of rotatable bonds is 2. The van der Waals surface area contributed by atoms with E-state index in [4.69, 9.17) is 0 Å². The molecule has 4 nitrogen and oxygen atoms in total. The third-order valence-electron chi connectivity index (χ3n) is 5.92. The highest BCUT2D eigenvalue weighted by atomic mass is 19.4. The number of halogens is 3. The number of hydrogen-bond donors (Lipinski definition) is 1. The lowest BCUT2D eigenvalue weighted by Gasteiger charge is -2.40. The Hall–Kier alpha value is -2.57. The van der Waals surface area contributed by atoms with E-state index in [2.05, 4.69) is 4.98 Å². The lowest BCUT2D eigenvalue weighted by Crippen LogP contribution is -2.55. The smallest absolute Gasteiger partial charge is 0.325 e. The molecule has 0 saturated carbocycles. The maximum Gasteiger partial charge on any atom is 0.415 e. The molecule has 28 heavy (non-hydrogen) atoms. The van der Waals surface area contributed by atoms with Crippen LogP contribution in [0.5, 0.6) is 0 Å². The number of H-pyrrole nitrogens is 1. The molecular formula is C21H21F3N2O2. The highest BCUT2D eigenvalue weighted by molar-refractivity contribution is 5.95. The van der Waals surface area contributed by atoms with E-state index in [1.807, 2.05) is 0 Å². The number of benzene rings is 1. The van der Waals surface area contributed by atoms with Gasteiger partial charge in [0.05, 0.1) is 0 Å². The van der Waals surface area contributed by atoms with Crippen LogP contribution in [-0.4, -0.2) is 28.5 Å². The average molecular weight is 390 g/mol. The van der Waals surface area contributed by atoms with E-state index in [0.717, 1.165) is 41.8 Å². The Bertz CT molecular complexity index is 952. The largest absolute Gasteiger partial charge is 0.415 e. The Labute approximate surface area is 160 Å². The molecule has 1 N–H and O–H groups in total. The van der Waals surface area contributed by atoms with Crippen LogP contribution in [0.1, 0.15) is 52.9 Å². The number of pyridine rings is 1. The zero-order chi connectivity index (χ0) is 19.9. The molecule has 1 aromatic heterocycles. The van der Waals surface area contributed by atoms with E-state index in [-0.39, 0.29) is 30.5 Å². The predicted octanol–water partition coefficient (Wildman–Crippen LogP) is 3.95. The number of aromatic amines is 1. The average Bonchev–Trinajstić information content (AvgIpc) is 3.14. The second kappa shape index (κ2) is 6.79. The number of alkyl halides is 3. The Kier molecular flexibility index (Phi) is 4.56. The summed E-state index contributed by atoms with van der Waals surface area (Å²) in [6.07, 6.45) is -1.31.